The maximum absolute atomic E-state index is 12.7. The number of anilines is 1. The zero-order valence-corrected chi connectivity index (χ0v) is 14.0. The number of rotatable bonds is 4. The summed E-state index contributed by atoms with van der Waals surface area (Å²) in [6.07, 6.45) is 2.67. The molecule has 2 aliphatic heterocycles. The first kappa shape index (κ1) is 15.3. The van der Waals surface area contributed by atoms with Crippen LogP contribution in [0.1, 0.15) is 26.2 Å². The van der Waals surface area contributed by atoms with Crippen LogP contribution in [0.5, 0.6) is 11.5 Å². The number of hydrogen-bond donors (Lipinski definition) is 0. The van der Waals surface area contributed by atoms with Crippen molar-refractivity contribution < 1.29 is 19.1 Å². The molecule has 128 valence electrons. The summed E-state index contributed by atoms with van der Waals surface area (Å²) >= 11 is 0. The van der Waals surface area contributed by atoms with E-state index in [2.05, 4.69) is 6.92 Å². The van der Waals surface area contributed by atoms with Gasteiger partial charge in [0.1, 0.15) is 0 Å². The minimum Gasteiger partial charge on any atom is -0.454 e. The first-order valence-corrected chi connectivity index (χ1v) is 8.51. The van der Waals surface area contributed by atoms with Gasteiger partial charge >= 0.3 is 0 Å². The molecular formula is C18H22N2O4. The van der Waals surface area contributed by atoms with Crippen molar-refractivity contribution in [2.24, 2.45) is 11.8 Å². The molecule has 2 atom stereocenters. The Morgan fingerprint density at radius 1 is 1.29 bits per heavy atom. The van der Waals surface area contributed by atoms with E-state index in [0.717, 1.165) is 5.69 Å². The molecule has 0 radical (unpaired) electrons. The van der Waals surface area contributed by atoms with Crippen LogP contribution in [-0.4, -0.2) is 43.1 Å². The van der Waals surface area contributed by atoms with E-state index in [1.54, 1.807) is 11.0 Å². The fourth-order valence-electron chi connectivity index (χ4n) is 3.56. The predicted molar refractivity (Wildman–Crippen MR) is 88.0 cm³/mol. The van der Waals surface area contributed by atoms with E-state index in [1.807, 2.05) is 24.1 Å². The third-order valence-corrected chi connectivity index (χ3v) is 5.40. The number of ether oxygens (including phenoxy) is 2. The summed E-state index contributed by atoms with van der Waals surface area (Å²) in [7, 11) is 1.86. The summed E-state index contributed by atoms with van der Waals surface area (Å²) in [5.74, 6) is 1.76. The molecule has 6 nitrogen and oxygen atoms in total. The molecule has 3 aliphatic rings. The summed E-state index contributed by atoms with van der Waals surface area (Å²) in [4.78, 5) is 28.7. The van der Waals surface area contributed by atoms with E-state index in [-0.39, 0.29) is 37.0 Å². The smallest absolute Gasteiger partial charge is 0.231 e. The van der Waals surface area contributed by atoms with Gasteiger partial charge in [0.15, 0.2) is 11.5 Å². The topological polar surface area (TPSA) is 59.1 Å². The Hall–Kier alpha value is -2.24. The second-order valence-corrected chi connectivity index (χ2v) is 6.97. The zero-order chi connectivity index (χ0) is 16.8. The Bertz CT molecular complexity index is 686. The zero-order valence-electron chi connectivity index (χ0n) is 14.0. The van der Waals surface area contributed by atoms with Gasteiger partial charge in [-0.15, -0.1) is 0 Å². The molecule has 6 heteroatoms. The molecular weight excluding hydrogens is 308 g/mol. The quantitative estimate of drug-likeness (QED) is 0.847. The van der Waals surface area contributed by atoms with Gasteiger partial charge in [-0.05, 0) is 37.8 Å². The van der Waals surface area contributed by atoms with Crippen molar-refractivity contribution in [2.75, 3.05) is 25.3 Å². The normalized spacial score (nSPS) is 23.5. The van der Waals surface area contributed by atoms with E-state index in [4.69, 9.17) is 9.47 Å². The molecule has 1 aromatic carbocycles. The van der Waals surface area contributed by atoms with Crippen LogP contribution >= 0.6 is 0 Å². The monoisotopic (exact) mass is 330 g/mol. The van der Waals surface area contributed by atoms with Crippen molar-refractivity contribution >= 4 is 17.5 Å². The van der Waals surface area contributed by atoms with Gasteiger partial charge in [0, 0.05) is 37.8 Å². The summed E-state index contributed by atoms with van der Waals surface area (Å²) in [5, 5.41) is 0. The molecule has 2 heterocycles. The van der Waals surface area contributed by atoms with Gasteiger partial charge in [-0.3, -0.25) is 9.59 Å². The molecule has 0 aromatic heterocycles. The van der Waals surface area contributed by atoms with E-state index in [0.29, 0.717) is 24.0 Å². The number of carbonyl (C=O) groups is 2. The van der Waals surface area contributed by atoms with Crippen LogP contribution in [0.15, 0.2) is 18.2 Å². The summed E-state index contributed by atoms with van der Waals surface area (Å²) in [6.45, 7) is 2.73. The molecule has 0 bridgehead atoms. The standard InChI is InChI=1S/C18H22N2O4/c1-11(12-3-4-12)19(2)18(22)13-7-17(21)20(9-13)14-5-6-15-16(8-14)24-10-23-15/h5-6,8,11-13H,3-4,7,9-10H2,1-2H3. The third kappa shape index (κ3) is 2.60. The fraction of sp³-hybridized carbons (Fsp3) is 0.556. The lowest BCUT2D eigenvalue weighted by atomic mass is 10.1. The van der Waals surface area contributed by atoms with Crippen LogP contribution < -0.4 is 14.4 Å². The first-order chi connectivity index (χ1) is 11.5. The lowest BCUT2D eigenvalue weighted by Gasteiger charge is -2.27. The highest BCUT2D eigenvalue weighted by Gasteiger charge is 2.40. The highest BCUT2D eigenvalue weighted by atomic mass is 16.7. The van der Waals surface area contributed by atoms with Crippen LogP contribution in [0.3, 0.4) is 0 Å². The Morgan fingerprint density at radius 3 is 2.79 bits per heavy atom. The fourth-order valence-corrected chi connectivity index (χ4v) is 3.56. The maximum atomic E-state index is 12.7. The molecule has 2 fully saturated rings. The minimum atomic E-state index is -0.269. The van der Waals surface area contributed by atoms with Gasteiger partial charge in [0.05, 0.1) is 5.92 Å². The second kappa shape index (κ2) is 5.69. The van der Waals surface area contributed by atoms with E-state index in [9.17, 15) is 9.59 Å². The van der Waals surface area contributed by atoms with Gasteiger partial charge < -0.3 is 19.3 Å². The SMILES string of the molecule is CC(C1CC1)N(C)C(=O)C1CC(=O)N(c2ccc3c(c2)OCO3)C1. The largest absolute Gasteiger partial charge is 0.454 e. The van der Waals surface area contributed by atoms with Crippen LogP contribution in [0.4, 0.5) is 5.69 Å². The average molecular weight is 330 g/mol. The van der Waals surface area contributed by atoms with Crippen molar-refractivity contribution in [3.8, 4) is 11.5 Å². The minimum absolute atomic E-state index is 0.0142. The van der Waals surface area contributed by atoms with Crippen LogP contribution in [0, 0.1) is 11.8 Å². The van der Waals surface area contributed by atoms with Crippen molar-refractivity contribution in [2.45, 2.75) is 32.2 Å². The number of fused-ring (bicyclic) bond motifs is 1. The summed E-state index contributed by atoms with van der Waals surface area (Å²) < 4.78 is 10.7. The summed E-state index contributed by atoms with van der Waals surface area (Å²) in [6, 6.07) is 5.71. The van der Waals surface area contributed by atoms with Crippen molar-refractivity contribution in [3.05, 3.63) is 18.2 Å². The number of hydrogen-bond acceptors (Lipinski definition) is 4. The van der Waals surface area contributed by atoms with Crippen LogP contribution in [-0.2, 0) is 9.59 Å². The van der Waals surface area contributed by atoms with Crippen LogP contribution in [0.25, 0.3) is 0 Å². The van der Waals surface area contributed by atoms with Crippen molar-refractivity contribution in [3.63, 3.8) is 0 Å². The predicted octanol–water partition coefficient (Wildman–Crippen LogP) is 2.03. The molecule has 2 amide bonds. The maximum Gasteiger partial charge on any atom is 0.231 e. The van der Waals surface area contributed by atoms with E-state index < -0.39 is 0 Å². The van der Waals surface area contributed by atoms with E-state index in [1.165, 1.54) is 12.8 Å². The van der Waals surface area contributed by atoms with Gasteiger partial charge in [-0.25, -0.2) is 0 Å². The molecule has 0 N–H and O–H groups in total. The van der Waals surface area contributed by atoms with Crippen molar-refractivity contribution in [1.29, 1.82) is 0 Å². The van der Waals surface area contributed by atoms with Gasteiger partial charge in [0.2, 0.25) is 18.6 Å². The number of amides is 2. The Morgan fingerprint density at radius 2 is 2.04 bits per heavy atom. The Labute approximate surface area is 141 Å². The third-order valence-electron chi connectivity index (χ3n) is 5.40. The van der Waals surface area contributed by atoms with E-state index >= 15 is 0 Å². The summed E-state index contributed by atoms with van der Waals surface area (Å²) in [5.41, 5.74) is 0.762. The molecule has 4 rings (SSSR count). The Balaban J connectivity index is 1.47. The molecule has 1 saturated carbocycles. The number of carbonyl (C=O) groups excluding carboxylic acids is 2. The molecule has 1 aliphatic carbocycles. The van der Waals surface area contributed by atoms with Gasteiger partial charge in [-0.1, -0.05) is 0 Å². The highest BCUT2D eigenvalue weighted by Crippen LogP contribution is 2.38. The first-order valence-electron chi connectivity index (χ1n) is 8.51. The molecule has 0 spiro atoms. The van der Waals surface area contributed by atoms with Crippen LogP contribution in [0.2, 0.25) is 0 Å². The molecule has 24 heavy (non-hydrogen) atoms. The van der Waals surface area contributed by atoms with Crippen molar-refractivity contribution in [1.82, 2.24) is 4.90 Å². The molecule has 1 aromatic rings. The Kier molecular flexibility index (Phi) is 3.62. The van der Waals surface area contributed by atoms with Gasteiger partial charge in [0.25, 0.3) is 0 Å². The average Bonchev–Trinajstić information content (AvgIpc) is 3.20. The van der Waals surface area contributed by atoms with Gasteiger partial charge in [-0.2, -0.15) is 0 Å². The second-order valence-electron chi connectivity index (χ2n) is 6.97. The highest BCUT2D eigenvalue weighted by molar-refractivity contribution is 6.00. The molecule has 1 saturated heterocycles. The molecule has 2 unspecified atom stereocenters. The lowest BCUT2D eigenvalue weighted by Crippen LogP contribution is -2.41. The lowest BCUT2D eigenvalue weighted by molar-refractivity contribution is -0.136. The number of nitrogens with zero attached hydrogens (tertiary/aromatic N) is 2. The number of benzene rings is 1.